The number of furan rings is 1. The van der Waals surface area contributed by atoms with Crippen molar-refractivity contribution >= 4 is 12.0 Å². The maximum Gasteiger partial charge on any atom is 0.244 e. The van der Waals surface area contributed by atoms with Crippen LogP contribution in [0.5, 0.6) is 0 Å². The van der Waals surface area contributed by atoms with Gasteiger partial charge in [0.05, 0.1) is 5.56 Å². The van der Waals surface area contributed by atoms with Crippen molar-refractivity contribution in [3.05, 3.63) is 89.4 Å². The van der Waals surface area contributed by atoms with Gasteiger partial charge in [0.2, 0.25) is 5.91 Å². The van der Waals surface area contributed by atoms with Crippen molar-refractivity contribution in [1.82, 2.24) is 10.2 Å². The minimum atomic E-state index is -0.346. The Morgan fingerprint density at radius 3 is 2.46 bits per heavy atom. The number of hydrogen-bond acceptors (Lipinski definition) is 3. The molecular formula is C23H23FN2O2. The number of halogens is 1. The summed E-state index contributed by atoms with van der Waals surface area (Å²) in [4.78, 5) is 14.1. The lowest BCUT2D eigenvalue weighted by molar-refractivity contribution is -0.116. The average molecular weight is 378 g/mol. The highest BCUT2D eigenvalue weighted by molar-refractivity contribution is 5.91. The van der Waals surface area contributed by atoms with E-state index in [-0.39, 0.29) is 11.7 Å². The molecule has 4 nitrogen and oxygen atoms in total. The second-order valence-electron chi connectivity index (χ2n) is 6.79. The third-order valence-electron chi connectivity index (χ3n) is 4.15. The van der Waals surface area contributed by atoms with E-state index in [2.05, 4.69) is 22.3 Å². The highest BCUT2D eigenvalue weighted by Crippen LogP contribution is 2.25. The molecule has 144 valence electrons. The first-order chi connectivity index (χ1) is 13.5. The fraction of sp³-hybridized carbons (Fsp3) is 0.174. The van der Waals surface area contributed by atoms with Crippen LogP contribution in [-0.2, 0) is 17.9 Å². The molecule has 0 fully saturated rings. The minimum absolute atomic E-state index is 0.221. The van der Waals surface area contributed by atoms with Crippen molar-refractivity contribution in [3.63, 3.8) is 0 Å². The van der Waals surface area contributed by atoms with Crippen molar-refractivity contribution in [2.75, 3.05) is 14.1 Å². The first kappa shape index (κ1) is 19.6. The van der Waals surface area contributed by atoms with Crippen LogP contribution in [0.2, 0.25) is 0 Å². The number of rotatable bonds is 7. The van der Waals surface area contributed by atoms with E-state index < -0.39 is 0 Å². The van der Waals surface area contributed by atoms with Crippen molar-refractivity contribution in [1.29, 1.82) is 0 Å². The van der Waals surface area contributed by atoms with E-state index in [9.17, 15) is 9.18 Å². The van der Waals surface area contributed by atoms with Crippen molar-refractivity contribution in [3.8, 4) is 11.3 Å². The fourth-order valence-corrected chi connectivity index (χ4v) is 2.78. The number of amides is 1. The third kappa shape index (κ3) is 5.41. The molecule has 0 aliphatic carbocycles. The Labute approximate surface area is 164 Å². The molecule has 0 aliphatic rings. The molecule has 0 aliphatic heterocycles. The maximum absolute atomic E-state index is 13.8. The topological polar surface area (TPSA) is 45.5 Å². The summed E-state index contributed by atoms with van der Waals surface area (Å²) >= 11 is 0. The molecule has 0 spiro atoms. The Kier molecular flexibility index (Phi) is 6.40. The first-order valence-corrected chi connectivity index (χ1v) is 9.04. The molecule has 1 heterocycles. The summed E-state index contributed by atoms with van der Waals surface area (Å²) in [6.07, 6.45) is 2.98. The molecule has 28 heavy (non-hydrogen) atoms. The molecule has 3 rings (SSSR count). The zero-order valence-corrected chi connectivity index (χ0v) is 16.0. The highest BCUT2D eigenvalue weighted by atomic mass is 19.1. The molecule has 0 saturated heterocycles. The molecule has 0 bridgehead atoms. The van der Waals surface area contributed by atoms with Crippen LogP contribution in [0.1, 0.15) is 16.9 Å². The van der Waals surface area contributed by atoms with Crippen LogP contribution in [0.25, 0.3) is 17.4 Å². The van der Waals surface area contributed by atoms with Crippen LogP contribution in [0.3, 0.4) is 0 Å². The predicted octanol–water partition coefficient (Wildman–Crippen LogP) is 4.48. The van der Waals surface area contributed by atoms with Crippen molar-refractivity contribution in [2.24, 2.45) is 0 Å². The predicted molar refractivity (Wildman–Crippen MR) is 109 cm³/mol. The number of hydrogen-bond donors (Lipinski definition) is 1. The molecular weight excluding hydrogens is 355 g/mol. The lowest BCUT2D eigenvalue weighted by Crippen LogP contribution is -2.20. The van der Waals surface area contributed by atoms with E-state index >= 15 is 0 Å². The molecule has 1 N–H and O–H groups in total. The molecule has 0 atom stereocenters. The molecule has 0 radical (unpaired) electrons. The summed E-state index contributed by atoms with van der Waals surface area (Å²) in [5.41, 5.74) is 2.65. The lowest BCUT2D eigenvalue weighted by atomic mass is 10.1. The van der Waals surface area contributed by atoms with Crippen molar-refractivity contribution in [2.45, 2.75) is 13.1 Å². The summed E-state index contributed by atoms with van der Waals surface area (Å²) < 4.78 is 19.4. The van der Waals surface area contributed by atoms with Gasteiger partial charge < -0.3 is 14.6 Å². The largest absolute Gasteiger partial charge is 0.457 e. The molecule has 5 heteroatoms. The van der Waals surface area contributed by atoms with E-state index in [1.165, 1.54) is 17.7 Å². The molecule has 0 unspecified atom stereocenters. The van der Waals surface area contributed by atoms with Gasteiger partial charge in [0, 0.05) is 19.2 Å². The number of benzene rings is 2. The summed E-state index contributed by atoms with van der Waals surface area (Å²) in [6, 6.07) is 17.9. The quantitative estimate of drug-likeness (QED) is 0.617. The second kappa shape index (κ2) is 9.15. The Bertz CT molecular complexity index is 959. The normalized spacial score (nSPS) is 11.3. The summed E-state index contributed by atoms with van der Waals surface area (Å²) in [6.45, 7) is 1.33. The maximum atomic E-state index is 13.8. The van der Waals surface area contributed by atoms with Crippen LogP contribution in [0.4, 0.5) is 4.39 Å². The molecule has 1 aromatic heterocycles. The number of carbonyl (C=O) groups excluding carboxylic acids is 1. The van der Waals surface area contributed by atoms with Gasteiger partial charge in [0.1, 0.15) is 17.3 Å². The summed E-state index contributed by atoms with van der Waals surface area (Å²) in [5.74, 6) is 0.348. The Balaban J connectivity index is 1.54. The Morgan fingerprint density at radius 2 is 1.75 bits per heavy atom. The molecule has 1 amide bonds. The Hall–Kier alpha value is -3.18. The zero-order chi connectivity index (χ0) is 19.9. The fourth-order valence-electron chi connectivity index (χ4n) is 2.78. The molecule has 2 aromatic carbocycles. The van der Waals surface area contributed by atoms with Crippen LogP contribution < -0.4 is 5.32 Å². The third-order valence-corrected chi connectivity index (χ3v) is 4.15. The second-order valence-corrected chi connectivity index (χ2v) is 6.79. The smallest absolute Gasteiger partial charge is 0.244 e. The van der Waals surface area contributed by atoms with Gasteiger partial charge in [0.25, 0.3) is 0 Å². The number of nitrogens with one attached hydrogen (secondary N) is 1. The van der Waals surface area contributed by atoms with E-state index in [1.54, 1.807) is 36.4 Å². The SMILES string of the molecule is CN(C)Cc1ccc(CNC(=O)/C=C/c2ccc(-c3ccccc3F)o2)cc1. The zero-order valence-electron chi connectivity index (χ0n) is 16.0. The van der Waals surface area contributed by atoms with Gasteiger partial charge >= 0.3 is 0 Å². The van der Waals surface area contributed by atoms with E-state index in [1.807, 2.05) is 26.2 Å². The summed E-state index contributed by atoms with van der Waals surface area (Å²) in [7, 11) is 4.05. The first-order valence-electron chi connectivity index (χ1n) is 9.04. The van der Waals surface area contributed by atoms with E-state index in [4.69, 9.17) is 4.42 Å². The number of nitrogens with zero attached hydrogens (tertiary/aromatic N) is 1. The van der Waals surface area contributed by atoms with E-state index in [0.717, 1.165) is 12.1 Å². The van der Waals surface area contributed by atoms with Gasteiger partial charge in [-0.15, -0.1) is 0 Å². The molecule has 3 aromatic rings. The minimum Gasteiger partial charge on any atom is -0.457 e. The standard InChI is InChI=1S/C23H23FN2O2/c1-26(2)16-18-9-7-17(8-10-18)15-25-23(27)14-12-19-11-13-22(28-19)20-5-3-4-6-21(20)24/h3-14H,15-16H2,1-2H3,(H,25,27)/b14-12+. The monoisotopic (exact) mass is 378 g/mol. The average Bonchev–Trinajstić information content (AvgIpc) is 3.14. The van der Waals surface area contributed by atoms with Gasteiger partial charge in [0.15, 0.2) is 0 Å². The van der Waals surface area contributed by atoms with Crippen LogP contribution in [-0.4, -0.2) is 24.9 Å². The lowest BCUT2D eigenvalue weighted by Gasteiger charge is -2.10. The Morgan fingerprint density at radius 1 is 1.04 bits per heavy atom. The van der Waals surface area contributed by atoms with Gasteiger partial charge in [-0.3, -0.25) is 4.79 Å². The van der Waals surface area contributed by atoms with Gasteiger partial charge in [-0.2, -0.15) is 0 Å². The van der Waals surface area contributed by atoms with Gasteiger partial charge in [-0.05, 0) is 55.6 Å². The van der Waals surface area contributed by atoms with Crippen LogP contribution in [0, 0.1) is 5.82 Å². The number of carbonyl (C=O) groups is 1. The van der Waals surface area contributed by atoms with Gasteiger partial charge in [-0.1, -0.05) is 36.4 Å². The highest BCUT2D eigenvalue weighted by Gasteiger charge is 2.08. The summed E-state index contributed by atoms with van der Waals surface area (Å²) in [5, 5.41) is 2.84. The van der Waals surface area contributed by atoms with Crippen LogP contribution in [0.15, 0.2) is 71.2 Å². The molecule has 0 saturated carbocycles. The van der Waals surface area contributed by atoms with Gasteiger partial charge in [-0.25, -0.2) is 4.39 Å². The van der Waals surface area contributed by atoms with Crippen molar-refractivity contribution < 1.29 is 13.6 Å². The van der Waals surface area contributed by atoms with E-state index in [0.29, 0.717) is 23.6 Å². The van der Waals surface area contributed by atoms with Crippen LogP contribution >= 0.6 is 0 Å².